The van der Waals surface area contributed by atoms with Crippen molar-refractivity contribution in [3.05, 3.63) is 29.6 Å². The lowest BCUT2D eigenvalue weighted by atomic mass is 10.2. The van der Waals surface area contributed by atoms with Crippen molar-refractivity contribution in [2.75, 3.05) is 19.7 Å². The first-order valence-electron chi connectivity index (χ1n) is 9.77. The molecule has 1 aliphatic heterocycles. The maximum absolute atomic E-state index is 13.4. The van der Waals surface area contributed by atoms with Crippen LogP contribution in [0, 0.1) is 12.7 Å². The molecule has 160 valence electrons. The number of benzene rings is 1. The van der Waals surface area contributed by atoms with E-state index in [0.717, 1.165) is 42.1 Å². The topological polar surface area (TPSA) is 105 Å². The van der Waals surface area contributed by atoms with Gasteiger partial charge in [-0.05, 0) is 49.9 Å². The van der Waals surface area contributed by atoms with Crippen LogP contribution in [0.5, 0.6) is 0 Å². The average Bonchev–Trinajstić information content (AvgIpc) is 3.19. The van der Waals surface area contributed by atoms with Gasteiger partial charge in [0.25, 0.3) is 0 Å². The van der Waals surface area contributed by atoms with Gasteiger partial charge in [-0.2, -0.15) is 4.31 Å². The highest BCUT2D eigenvalue weighted by Crippen LogP contribution is 2.25. The molecular weight excluding hydrogens is 401 g/mol. The zero-order valence-electron chi connectivity index (χ0n) is 16.3. The van der Waals surface area contributed by atoms with E-state index in [4.69, 9.17) is 4.74 Å². The standard InChI is InChI=1S/C19H26FN3O5S/c1-13-11-14(20)7-8-16(13)29(26,27)23-9-4-10-28-17(23)12-21-18(24)19(25)22-15-5-2-3-6-15/h7-8,11,15,17H,2-6,9-10,12H2,1H3,(H,21,24)(H,22,25)/t17-/m1/s1. The Morgan fingerprint density at radius 1 is 1.21 bits per heavy atom. The van der Waals surface area contributed by atoms with E-state index < -0.39 is 33.9 Å². The average molecular weight is 427 g/mol. The number of halogens is 1. The summed E-state index contributed by atoms with van der Waals surface area (Å²) in [6, 6.07) is 3.48. The Labute approximate surface area is 169 Å². The number of carbonyl (C=O) groups excluding carboxylic acids is 2. The van der Waals surface area contributed by atoms with Crippen molar-refractivity contribution >= 4 is 21.8 Å². The fourth-order valence-electron chi connectivity index (χ4n) is 3.71. The molecular formula is C19H26FN3O5S. The first kappa shape index (κ1) is 21.7. The van der Waals surface area contributed by atoms with Crippen LogP contribution in [-0.2, 0) is 24.3 Å². The van der Waals surface area contributed by atoms with E-state index in [0.29, 0.717) is 13.0 Å². The third-order valence-corrected chi connectivity index (χ3v) is 7.26. The number of sulfonamides is 1. The Kier molecular flexibility index (Phi) is 6.86. The highest BCUT2D eigenvalue weighted by atomic mass is 32.2. The van der Waals surface area contributed by atoms with E-state index in [1.165, 1.54) is 13.0 Å². The molecule has 1 saturated heterocycles. The molecule has 0 aromatic heterocycles. The molecule has 10 heteroatoms. The lowest BCUT2D eigenvalue weighted by Crippen LogP contribution is -2.53. The summed E-state index contributed by atoms with van der Waals surface area (Å²) in [5.41, 5.74) is 0.286. The predicted molar refractivity (Wildman–Crippen MR) is 103 cm³/mol. The number of ether oxygens (including phenoxy) is 1. The summed E-state index contributed by atoms with van der Waals surface area (Å²) in [4.78, 5) is 24.1. The van der Waals surface area contributed by atoms with E-state index in [1.54, 1.807) is 0 Å². The van der Waals surface area contributed by atoms with Crippen LogP contribution in [0.1, 0.15) is 37.7 Å². The molecule has 29 heavy (non-hydrogen) atoms. The van der Waals surface area contributed by atoms with Crippen molar-refractivity contribution in [3.8, 4) is 0 Å². The molecule has 2 aliphatic rings. The van der Waals surface area contributed by atoms with Gasteiger partial charge in [-0.3, -0.25) is 9.59 Å². The number of nitrogens with one attached hydrogen (secondary N) is 2. The summed E-state index contributed by atoms with van der Waals surface area (Å²) >= 11 is 0. The maximum atomic E-state index is 13.4. The summed E-state index contributed by atoms with van der Waals surface area (Å²) in [6.07, 6.45) is 3.31. The molecule has 0 unspecified atom stereocenters. The van der Waals surface area contributed by atoms with Crippen molar-refractivity contribution < 1.29 is 27.1 Å². The minimum Gasteiger partial charge on any atom is -0.360 e. The highest BCUT2D eigenvalue weighted by molar-refractivity contribution is 7.89. The molecule has 2 fully saturated rings. The van der Waals surface area contributed by atoms with Crippen LogP contribution >= 0.6 is 0 Å². The predicted octanol–water partition coefficient (Wildman–Crippen LogP) is 1.05. The number of rotatable bonds is 5. The Morgan fingerprint density at radius 2 is 1.93 bits per heavy atom. The number of hydrogen-bond donors (Lipinski definition) is 2. The second kappa shape index (κ2) is 9.19. The number of aryl methyl sites for hydroxylation is 1. The van der Waals surface area contributed by atoms with Crippen LogP contribution in [-0.4, -0.2) is 56.5 Å². The minimum atomic E-state index is -3.96. The van der Waals surface area contributed by atoms with Crippen LogP contribution in [0.15, 0.2) is 23.1 Å². The number of amides is 2. The zero-order valence-corrected chi connectivity index (χ0v) is 17.1. The second-order valence-electron chi connectivity index (χ2n) is 7.37. The maximum Gasteiger partial charge on any atom is 0.309 e. The van der Waals surface area contributed by atoms with Gasteiger partial charge in [0, 0.05) is 12.6 Å². The molecule has 1 atom stereocenters. The third kappa shape index (κ3) is 5.12. The summed E-state index contributed by atoms with van der Waals surface area (Å²) in [5.74, 6) is -2.06. The Hall–Kier alpha value is -2.04. The largest absolute Gasteiger partial charge is 0.360 e. The first-order valence-corrected chi connectivity index (χ1v) is 11.2. The fraction of sp³-hybridized carbons (Fsp3) is 0.579. The van der Waals surface area contributed by atoms with Crippen LogP contribution in [0.25, 0.3) is 0 Å². The molecule has 1 heterocycles. The molecule has 0 radical (unpaired) electrons. The molecule has 1 aromatic rings. The normalized spacial score (nSPS) is 21.1. The lowest BCUT2D eigenvalue weighted by Gasteiger charge is -2.34. The number of nitrogens with zero attached hydrogens (tertiary/aromatic N) is 1. The second-order valence-corrected chi connectivity index (χ2v) is 9.23. The Balaban J connectivity index is 1.66. The van der Waals surface area contributed by atoms with E-state index in [2.05, 4.69) is 10.6 Å². The van der Waals surface area contributed by atoms with Crippen molar-refractivity contribution in [2.45, 2.75) is 56.2 Å². The van der Waals surface area contributed by atoms with Gasteiger partial charge in [0.2, 0.25) is 10.0 Å². The number of carbonyl (C=O) groups is 2. The van der Waals surface area contributed by atoms with E-state index in [-0.39, 0.29) is 29.6 Å². The minimum absolute atomic E-state index is 0.0116. The highest BCUT2D eigenvalue weighted by Gasteiger charge is 2.36. The van der Waals surface area contributed by atoms with E-state index >= 15 is 0 Å². The molecule has 8 nitrogen and oxygen atoms in total. The van der Waals surface area contributed by atoms with Crippen LogP contribution in [0.3, 0.4) is 0 Å². The van der Waals surface area contributed by atoms with Gasteiger partial charge in [-0.25, -0.2) is 12.8 Å². The van der Waals surface area contributed by atoms with Gasteiger partial charge in [-0.15, -0.1) is 0 Å². The smallest absolute Gasteiger partial charge is 0.309 e. The number of hydrogen-bond acceptors (Lipinski definition) is 5. The fourth-order valence-corrected chi connectivity index (χ4v) is 5.49. The van der Waals surface area contributed by atoms with Gasteiger partial charge in [0.15, 0.2) is 0 Å². The summed E-state index contributed by atoms with van der Waals surface area (Å²) < 4.78 is 46.2. The molecule has 2 amide bonds. The van der Waals surface area contributed by atoms with Crippen molar-refractivity contribution in [2.24, 2.45) is 0 Å². The quantitative estimate of drug-likeness (QED) is 0.684. The van der Waals surface area contributed by atoms with Gasteiger partial charge < -0.3 is 15.4 Å². The van der Waals surface area contributed by atoms with E-state index in [1.807, 2.05) is 0 Å². The van der Waals surface area contributed by atoms with Crippen molar-refractivity contribution in [1.82, 2.24) is 14.9 Å². The molecule has 3 rings (SSSR count). The monoisotopic (exact) mass is 427 g/mol. The molecule has 1 aliphatic carbocycles. The van der Waals surface area contributed by atoms with Crippen molar-refractivity contribution in [1.29, 1.82) is 0 Å². The van der Waals surface area contributed by atoms with Crippen LogP contribution in [0.2, 0.25) is 0 Å². The summed E-state index contributed by atoms with van der Waals surface area (Å²) in [6.45, 7) is 1.90. The van der Waals surface area contributed by atoms with Gasteiger partial charge in [0.05, 0.1) is 18.0 Å². The Bertz CT molecular complexity index is 871. The molecule has 0 spiro atoms. The van der Waals surface area contributed by atoms with E-state index in [9.17, 15) is 22.4 Å². The molecule has 0 bridgehead atoms. The zero-order chi connectivity index (χ0) is 21.0. The van der Waals surface area contributed by atoms with Gasteiger partial charge in [-0.1, -0.05) is 12.8 Å². The molecule has 1 aromatic carbocycles. The van der Waals surface area contributed by atoms with Gasteiger partial charge in [0.1, 0.15) is 12.0 Å². The van der Waals surface area contributed by atoms with Gasteiger partial charge >= 0.3 is 11.8 Å². The summed E-state index contributed by atoms with van der Waals surface area (Å²) in [7, 11) is -3.96. The SMILES string of the molecule is Cc1cc(F)ccc1S(=O)(=O)N1CCCO[C@@H]1CNC(=O)C(=O)NC1CCCC1. The lowest BCUT2D eigenvalue weighted by molar-refractivity contribution is -0.140. The van der Waals surface area contributed by atoms with Crippen molar-refractivity contribution in [3.63, 3.8) is 0 Å². The molecule has 1 saturated carbocycles. The Morgan fingerprint density at radius 3 is 2.62 bits per heavy atom. The molecule has 2 N–H and O–H groups in total. The van der Waals surface area contributed by atoms with Crippen LogP contribution < -0.4 is 10.6 Å². The first-order chi connectivity index (χ1) is 13.8. The van der Waals surface area contributed by atoms with Crippen LogP contribution in [0.4, 0.5) is 4.39 Å². The summed E-state index contributed by atoms with van der Waals surface area (Å²) in [5, 5.41) is 5.15. The third-order valence-electron chi connectivity index (χ3n) is 5.21.